The van der Waals surface area contributed by atoms with E-state index in [0.29, 0.717) is 6.20 Å². The molecule has 1 aromatic heterocycles. The van der Waals surface area contributed by atoms with Gasteiger partial charge >= 0.3 is 21.3 Å². The van der Waals surface area contributed by atoms with Crippen molar-refractivity contribution in [3.05, 3.63) is 32.6 Å². The zero-order valence-corrected chi connectivity index (χ0v) is 16.6. The van der Waals surface area contributed by atoms with E-state index in [-0.39, 0.29) is 10.9 Å². The average Bonchev–Trinajstić information content (AvgIpc) is 2.74. The monoisotopic (exact) mass is 480 g/mol. The van der Waals surface area contributed by atoms with Crippen LogP contribution in [0.2, 0.25) is 0 Å². The number of ether oxygens (including phenoxy) is 1. The molecule has 0 aliphatic carbocycles. The van der Waals surface area contributed by atoms with E-state index in [0.717, 1.165) is 0 Å². The summed E-state index contributed by atoms with van der Waals surface area (Å²) in [5, 5.41) is 16.4. The molecule has 0 saturated carbocycles. The molecule has 2 rings (SSSR count). The quantitative estimate of drug-likeness (QED) is 0.124. The Hall–Kier alpha value is -1.39. The minimum absolute atomic E-state index is 0.0563. The molecule has 21 heteroatoms. The summed E-state index contributed by atoms with van der Waals surface area (Å²) in [6, 6.07) is 0. The number of nitrogens with zero attached hydrogens (tertiary/aromatic N) is 1. The summed E-state index contributed by atoms with van der Waals surface area (Å²) in [5.74, 6) is -4.17. The number of phosphoric acid groups is 2. The molecule has 1 unspecified atom stereocenters. The van der Waals surface area contributed by atoms with Crippen LogP contribution in [0.5, 0.6) is 0 Å². The summed E-state index contributed by atoms with van der Waals surface area (Å²) in [5.41, 5.74) is -6.61. The normalized spacial score (nSPS) is 31.3. The second-order valence-corrected chi connectivity index (χ2v) is 8.90. The van der Waals surface area contributed by atoms with E-state index in [4.69, 9.17) is 33.3 Å². The number of nitrogens with one attached hydrogen (secondary N) is 1. The van der Waals surface area contributed by atoms with Crippen molar-refractivity contribution in [3.63, 3.8) is 0 Å². The second-order valence-electron chi connectivity index (χ2n) is 6.15. The van der Waals surface area contributed by atoms with Crippen LogP contribution in [0.25, 0.3) is 0 Å². The van der Waals surface area contributed by atoms with Crippen molar-refractivity contribution < 1.29 is 56.8 Å². The van der Waals surface area contributed by atoms with Crippen molar-refractivity contribution in [2.24, 2.45) is 0 Å². The van der Waals surface area contributed by atoms with Gasteiger partial charge in [0, 0.05) is 6.20 Å². The molecule has 1 aliphatic rings. The largest absolute Gasteiger partial charge is 0.480 e. The molecule has 6 radical (unpaired) electrons. The van der Waals surface area contributed by atoms with Gasteiger partial charge in [-0.2, -0.15) is 4.31 Å². The number of aromatic amines is 1. The Bertz CT molecular complexity index is 1110. The Morgan fingerprint density at radius 2 is 1.81 bits per heavy atom. The van der Waals surface area contributed by atoms with Crippen LogP contribution in [0, 0.1) is 0 Å². The first-order valence-corrected chi connectivity index (χ1v) is 10.6. The maximum Gasteiger partial charge on any atom is 0.480 e. The predicted octanol–water partition coefficient (Wildman–Crippen LogP) is -4.24. The van der Waals surface area contributed by atoms with Crippen LogP contribution in [-0.4, -0.2) is 87.7 Å². The minimum atomic E-state index is -5.95. The Kier molecular flexibility index (Phi) is 6.58. The van der Waals surface area contributed by atoms with Crippen LogP contribution in [0.3, 0.4) is 0 Å². The number of phosphoric ester groups is 1. The van der Waals surface area contributed by atoms with Gasteiger partial charge in [0.15, 0.2) is 6.29 Å². The highest BCUT2D eigenvalue weighted by Gasteiger charge is 2.68. The highest BCUT2D eigenvalue weighted by atomic mass is 31.3. The number of rotatable bonds is 7. The smallest absolute Gasteiger partial charge is 0.386 e. The number of carbonyl (C=O) groups excluding carboxylic acids is 1. The molecular weight excluding hydrogens is 469 g/mol. The maximum atomic E-state index is 15.4. The summed E-state index contributed by atoms with van der Waals surface area (Å²) in [6.45, 7) is 0. The highest BCUT2D eigenvalue weighted by molar-refractivity contribution is 7.60. The first kappa shape index (κ1) is 25.9. The van der Waals surface area contributed by atoms with Gasteiger partial charge in [-0.05, 0) is 0 Å². The van der Waals surface area contributed by atoms with Crippen LogP contribution >= 0.6 is 15.6 Å². The fourth-order valence-electron chi connectivity index (χ4n) is 2.52. The van der Waals surface area contributed by atoms with Crippen molar-refractivity contribution in [2.75, 3.05) is 0 Å². The third kappa shape index (κ3) is 4.71. The number of aromatic nitrogens is 2. The van der Waals surface area contributed by atoms with Crippen molar-refractivity contribution in [3.8, 4) is 0 Å². The van der Waals surface area contributed by atoms with Gasteiger partial charge in [-0.3, -0.25) is 23.7 Å². The van der Waals surface area contributed by atoms with E-state index in [1.54, 1.807) is 4.98 Å². The van der Waals surface area contributed by atoms with Gasteiger partial charge in [0.1, 0.15) is 41.4 Å². The zero-order chi connectivity index (χ0) is 24.2. The van der Waals surface area contributed by atoms with E-state index in [1.165, 1.54) is 0 Å². The number of hydrogen-bond donors (Lipinski definition) is 6. The molecule has 0 aromatic carbocycles. The SMILES string of the molecule is [B]C([B])(OP(=O)(O)OP(=O)(O)O)[C@@]1(F)O[C@@]([B])(n2cc(C=O)c(=O)[nH]c2=O)[C@H](O)[C@@H]1O. The van der Waals surface area contributed by atoms with E-state index >= 15 is 4.39 Å². The molecule has 0 bridgehead atoms. The molecule has 164 valence electrons. The lowest BCUT2D eigenvalue weighted by Crippen LogP contribution is -2.60. The van der Waals surface area contributed by atoms with Crippen LogP contribution in [0.15, 0.2) is 15.8 Å². The van der Waals surface area contributed by atoms with Crippen molar-refractivity contribution in [2.45, 2.75) is 29.1 Å². The highest BCUT2D eigenvalue weighted by Crippen LogP contribution is 2.61. The lowest BCUT2D eigenvalue weighted by molar-refractivity contribution is -0.239. The molecule has 15 nitrogen and oxygen atoms in total. The Morgan fingerprint density at radius 3 is 2.29 bits per heavy atom. The van der Waals surface area contributed by atoms with E-state index in [2.05, 4.69) is 13.6 Å². The van der Waals surface area contributed by atoms with Crippen LogP contribution in [0.4, 0.5) is 4.39 Å². The van der Waals surface area contributed by atoms with Crippen molar-refractivity contribution in [1.29, 1.82) is 0 Å². The number of alkyl halides is 1. The minimum Gasteiger partial charge on any atom is -0.386 e. The Balaban J connectivity index is 2.54. The van der Waals surface area contributed by atoms with E-state index in [1.807, 2.05) is 0 Å². The summed E-state index contributed by atoms with van der Waals surface area (Å²) >= 11 is 0. The van der Waals surface area contributed by atoms with Gasteiger partial charge in [-0.25, -0.2) is 18.3 Å². The number of aliphatic hydroxyl groups is 2. The number of halogens is 1. The zero-order valence-electron chi connectivity index (χ0n) is 14.8. The van der Waals surface area contributed by atoms with Crippen LogP contribution in [-0.2, 0) is 28.3 Å². The predicted molar refractivity (Wildman–Crippen MR) is 95.7 cm³/mol. The molecule has 1 saturated heterocycles. The standard InChI is InChI=1S/C10H10B3FN2O13P2/c11-9(16-1-3(2-17)6(20)15-7(16)21)5(19)4(18)8(14,27-9)10(12,13)28-31(25,26)29-30(22,23)24/h1-2,4-5,18-19H,(H,25,26)(H,15,20,21)(H2,22,23,24)/t4-,5+,8-,9-/m0/s1. The molecule has 0 spiro atoms. The summed E-state index contributed by atoms with van der Waals surface area (Å²) in [4.78, 5) is 62.5. The van der Waals surface area contributed by atoms with E-state index < -0.39 is 61.5 Å². The average molecular weight is 480 g/mol. The van der Waals surface area contributed by atoms with Gasteiger partial charge < -0.3 is 29.6 Å². The Morgan fingerprint density at radius 1 is 1.26 bits per heavy atom. The summed E-state index contributed by atoms with van der Waals surface area (Å²) in [6.07, 6.45) is -5.27. The number of carbonyl (C=O) groups is 1. The number of aldehydes is 1. The van der Waals surface area contributed by atoms with Gasteiger partial charge in [0.25, 0.3) is 11.4 Å². The van der Waals surface area contributed by atoms with Gasteiger partial charge in [0.2, 0.25) is 0 Å². The van der Waals surface area contributed by atoms with Gasteiger partial charge in [0.05, 0.1) is 11.0 Å². The van der Waals surface area contributed by atoms with Gasteiger partial charge in [-0.15, -0.1) is 0 Å². The molecule has 6 N–H and O–H groups in total. The lowest BCUT2D eigenvalue weighted by Gasteiger charge is -2.41. The number of H-pyrrole nitrogens is 1. The molecule has 2 heterocycles. The first-order chi connectivity index (χ1) is 13.8. The maximum absolute atomic E-state index is 15.4. The molecule has 1 aromatic rings. The molecule has 31 heavy (non-hydrogen) atoms. The molecule has 1 aliphatic heterocycles. The third-order valence-electron chi connectivity index (χ3n) is 3.90. The second kappa shape index (κ2) is 7.88. The topological polar surface area (TPSA) is 235 Å². The fraction of sp³-hybridized carbons (Fsp3) is 0.500. The molecule has 5 atom stereocenters. The summed E-state index contributed by atoms with van der Waals surface area (Å²) in [7, 11) is 4.35. The number of aliphatic hydroxyl groups excluding tert-OH is 2. The van der Waals surface area contributed by atoms with Crippen LogP contribution in [0.1, 0.15) is 10.4 Å². The van der Waals surface area contributed by atoms with Gasteiger partial charge in [-0.1, -0.05) is 0 Å². The van der Waals surface area contributed by atoms with E-state index in [9.17, 15) is 38.6 Å². The fourth-order valence-corrected chi connectivity index (χ4v) is 4.24. The van der Waals surface area contributed by atoms with Crippen LogP contribution < -0.4 is 11.2 Å². The Labute approximate surface area is 174 Å². The molecule has 0 amide bonds. The lowest BCUT2D eigenvalue weighted by atomic mass is 9.59. The first-order valence-electron chi connectivity index (χ1n) is 7.53. The summed E-state index contributed by atoms with van der Waals surface area (Å²) < 4.78 is 49.8. The van der Waals surface area contributed by atoms with Crippen molar-refractivity contribution in [1.82, 2.24) is 9.55 Å². The molecular formula is C10H10B3FN2O13P2. The van der Waals surface area contributed by atoms with Crippen molar-refractivity contribution >= 4 is 45.5 Å². The number of hydrogen-bond acceptors (Lipinski definition) is 10. The third-order valence-corrected chi connectivity index (χ3v) is 6.11. The molecule has 1 fully saturated rings.